The van der Waals surface area contributed by atoms with Crippen LogP contribution in [0, 0.1) is 17.5 Å². The number of nitrogens with zero attached hydrogens (tertiary/aromatic N) is 3. The van der Waals surface area contributed by atoms with E-state index in [9.17, 15) is 26.3 Å². The van der Waals surface area contributed by atoms with E-state index in [2.05, 4.69) is 9.97 Å². The van der Waals surface area contributed by atoms with E-state index in [1.807, 2.05) is 4.90 Å². The summed E-state index contributed by atoms with van der Waals surface area (Å²) < 4.78 is 85.1. The smallest absolute Gasteiger partial charge is 0.370 e. The number of fused-ring (bicyclic) bond motifs is 1. The van der Waals surface area contributed by atoms with Gasteiger partial charge in [-0.3, -0.25) is 4.90 Å². The third-order valence-electron chi connectivity index (χ3n) is 5.49. The summed E-state index contributed by atoms with van der Waals surface area (Å²) in [5.74, 6) is -4.63. The van der Waals surface area contributed by atoms with Gasteiger partial charge in [0.15, 0.2) is 11.6 Å². The molecule has 3 heterocycles. The first-order valence-corrected chi connectivity index (χ1v) is 9.31. The Balaban J connectivity index is 1.47. The van der Waals surface area contributed by atoms with Crippen molar-refractivity contribution in [3.05, 3.63) is 58.4 Å². The standard InChI is InChI=1S/C19H18F6N4O/c20-12-5-14(22)13(21)4-11(12)17-15(26)3-10(8-30-17)29-2-1-9-6-27-18(19(23,24)25)28-16(9)7-29/h4-6,10,15,17H,1-3,7-8,26H2/t10?,15-,17+/m0/s1. The average molecular weight is 432 g/mol. The minimum absolute atomic E-state index is 0.114. The van der Waals surface area contributed by atoms with Gasteiger partial charge in [0.2, 0.25) is 5.82 Å². The molecule has 0 amide bonds. The molecule has 2 aromatic rings. The zero-order valence-corrected chi connectivity index (χ0v) is 15.6. The Morgan fingerprint density at radius 3 is 2.53 bits per heavy atom. The zero-order valence-electron chi connectivity index (χ0n) is 15.6. The fourth-order valence-electron chi connectivity index (χ4n) is 3.95. The van der Waals surface area contributed by atoms with Gasteiger partial charge in [0.1, 0.15) is 11.9 Å². The number of nitrogens with two attached hydrogens (primary N) is 1. The molecular formula is C19H18F6N4O. The number of hydrogen-bond donors (Lipinski definition) is 1. The Bertz CT molecular complexity index is 953. The van der Waals surface area contributed by atoms with Crippen LogP contribution in [0.4, 0.5) is 26.3 Å². The van der Waals surface area contributed by atoms with E-state index in [-0.39, 0.29) is 24.8 Å². The molecule has 0 radical (unpaired) electrons. The van der Waals surface area contributed by atoms with Crippen molar-refractivity contribution in [2.24, 2.45) is 5.73 Å². The minimum atomic E-state index is -4.63. The second-order valence-corrected chi connectivity index (χ2v) is 7.48. The van der Waals surface area contributed by atoms with E-state index in [0.717, 1.165) is 6.07 Å². The highest BCUT2D eigenvalue weighted by Crippen LogP contribution is 2.34. The van der Waals surface area contributed by atoms with Crippen molar-refractivity contribution >= 4 is 0 Å². The van der Waals surface area contributed by atoms with Crippen molar-refractivity contribution in [1.29, 1.82) is 0 Å². The summed E-state index contributed by atoms with van der Waals surface area (Å²) in [6.07, 6.45) is -3.56. The van der Waals surface area contributed by atoms with Crippen LogP contribution >= 0.6 is 0 Å². The molecule has 0 saturated carbocycles. The monoisotopic (exact) mass is 432 g/mol. The van der Waals surface area contributed by atoms with Crippen LogP contribution in [0.5, 0.6) is 0 Å². The highest BCUT2D eigenvalue weighted by molar-refractivity contribution is 5.25. The van der Waals surface area contributed by atoms with Gasteiger partial charge in [-0.1, -0.05) is 0 Å². The first-order chi connectivity index (χ1) is 14.1. The van der Waals surface area contributed by atoms with E-state index >= 15 is 0 Å². The summed E-state index contributed by atoms with van der Waals surface area (Å²) in [6.45, 7) is 0.835. The first-order valence-electron chi connectivity index (χ1n) is 9.31. The Morgan fingerprint density at radius 1 is 1.10 bits per heavy atom. The summed E-state index contributed by atoms with van der Waals surface area (Å²) in [4.78, 5) is 8.96. The number of benzene rings is 1. The fourth-order valence-corrected chi connectivity index (χ4v) is 3.95. The summed E-state index contributed by atoms with van der Waals surface area (Å²) in [6, 6.07) is 0.247. The maximum Gasteiger partial charge on any atom is 0.451 e. The summed E-state index contributed by atoms with van der Waals surface area (Å²) in [7, 11) is 0. The molecule has 1 unspecified atom stereocenters. The molecule has 4 rings (SSSR count). The lowest BCUT2D eigenvalue weighted by molar-refractivity contribution is -0.145. The van der Waals surface area contributed by atoms with E-state index in [1.54, 1.807) is 0 Å². The lowest BCUT2D eigenvalue weighted by Crippen LogP contribution is -2.50. The molecule has 0 spiro atoms. The quantitative estimate of drug-likeness (QED) is 0.584. The Hall–Kier alpha value is -2.24. The van der Waals surface area contributed by atoms with E-state index in [0.29, 0.717) is 36.7 Å². The largest absolute Gasteiger partial charge is 0.451 e. The predicted molar refractivity (Wildman–Crippen MR) is 92.5 cm³/mol. The lowest BCUT2D eigenvalue weighted by Gasteiger charge is -2.41. The van der Waals surface area contributed by atoms with Gasteiger partial charge in [-0.15, -0.1) is 0 Å². The Labute approximate surface area is 167 Å². The second kappa shape index (κ2) is 7.78. The van der Waals surface area contributed by atoms with E-state index in [1.165, 1.54) is 6.20 Å². The van der Waals surface area contributed by atoms with Crippen molar-refractivity contribution < 1.29 is 31.1 Å². The van der Waals surface area contributed by atoms with Crippen molar-refractivity contribution in [2.75, 3.05) is 13.2 Å². The van der Waals surface area contributed by atoms with Crippen molar-refractivity contribution in [2.45, 2.75) is 43.8 Å². The molecule has 0 bridgehead atoms. The highest BCUT2D eigenvalue weighted by Gasteiger charge is 2.38. The molecule has 5 nitrogen and oxygen atoms in total. The molecule has 162 valence electrons. The fraction of sp³-hybridized carbons (Fsp3) is 0.474. The minimum Gasteiger partial charge on any atom is -0.370 e. The van der Waals surface area contributed by atoms with Gasteiger partial charge in [-0.2, -0.15) is 13.2 Å². The Morgan fingerprint density at radius 2 is 1.83 bits per heavy atom. The summed E-state index contributed by atoms with van der Waals surface area (Å²) in [5.41, 5.74) is 6.92. The molecule has 1 fully saturated rings. The van der Waals surface area contributed by atoms with Gasteiger partial charge in [0.05, 0.1) is 12.3 Å². The topological polar surface area (TPSA) is 64.3 Å². The molecule has 2 aliphatic heterocycles. The zero-order chi connectivity index (χ0) is 21.6. The number of halogens is 6. The first kappa shape index (κ1) is 21.0. The summed E-state index contributed by atoms with van der Waals surface area (Å²) in [5, 5.41) is 0. The molecule has 1 saturated heterocycles. The van der Waals surface area contributed by atoms with Crippen LogP contribution in [0.2, 0.25) is 0 Å². The van der Waals surface area contributed by atoms with E-state index in [4.69, 9.17) is 10.5 Å². The van der Waals surface area contributed by atoms with Crippen LogP contribution in [0.25, 0.3) is 0 Å². The lowest BCUT2D eigenvalue weighted by atomic mass is 9.92. The Kier molecular flexibility index (Phi) is 5.45. The molecule has 3 atom stereocenters. The third kappa shape index (κ3) is 4.01. The van der Waals surface area contributed by atoms with Gasteiger partial charge in [-0.25, -0.2) is 23.1 Å². The van der Waals surface area contributed by atoms with Crippen molar-refractivity contribution in [1.82, 2.24) is 14.9 Å². The maximum absolute atomic E-state index is 14.1. The van der Waals surface area contributed by atoms with Gasteiger partial charge < -0.3 is 10.5 Å². The van der Waals surface area contributed by atoms with Gasteiger partial charge >= 0.3 is 6.18 Å². The SMILES string of the molecule is N[C@H]1CC(N2CCc3cnc(C(F)(F)F)nc3C2)CO[C@@H]1c1cc(F)c(F)cc1F. The van der Waals surface area contributed by atoms with Crippen LogP contribution in [0.3, 0.4) is 0 Å². The molecule has 0 aliphatic carbocycles. The average Bonchev–Trinajstić information content (AvgIpc) is 2.69. The number of hydrogen-bond acceptors (Lipinski definition) is 5. The van der Waals surface area contributed by atoms with Crippen LogP contribution in [0.1, 0.15) is 35.2 Å². The maximum atomic E-state index is 14.1. The molecule has 11 heteroatoms. The number of ether oxygens (including phenoxy) is 1. The highest BCUT2D eigenvalue weighted by atomic mass is 19.4. The van der Waals surface area contributed by atoms with Crippen LogP contribution in [-0.2, 0) is 23.9 Å². The number of aromatic nitrogens is 2. The molecule has 2 N–H and O–H groups in total. The predicted octanol–water partition coefficient (Wildman–Crippen LogP) is 3.13. The van der Waals surface area contributed by atoms with Crippen LogP contribution < -0.4 is 5.73 Å². The van der Waals surface area contributed by atoms with Gasteiger partial charge in [0, 0.05) is 43.0 Å². The summed E-state index contributed by atoms with van der Waals surface area (Å²) >= 11 is 0. The van der Waals surface area contributed by atoms with Crippen LogP contribution in [-0.4, -0.2) is 40.1 Å². The molecule has 1 aromatic heterocycles. The molecule has 2 aliphatic rings. The molecular weight excluding hydrogens is 414 g/mol. The van der Waals surface area contributed by atoms with Crippen molar-refractivity contribution in [3.63, 3.8) is 0 Å². The third-order valence-corrected chi connectivity index (χ3v) is 5.49. The van der Waals surface area contributed by atoms with E-state index < -0.39 is 41.6 Å². The van der Waals surface area contributed by atoms with Gasteiger partial charge in [0.25, 0.3) is 0 Å². The number of alkyl halides is 3. The molecule has 30 heavy (non-hydrogen) atoms. The number of rotatable bonds is 2. The van der Waals surface area contributed by atoms with Crippen LogP contribution in [0.15, 0.2) is 18.3 Å². The normalized spacial score (nSPS) is 25.2. The molecule has 1 aromatic carbocycles. The van der Waals surface area contributed by atoms with Gasteiger partial charge in [-0.05, 0) is 24.5 Å². The van der Waals surface area contributed by atoms with Crippen molar-refractivity contribution in [3.8, 4) is 0 Å². The second-order valence-electron chi connectivity index (χ2n) is 7.48.